The molecule has 0 radical (unpaired) electrons. The van der Waals surface area contributed by atoms with Crippen LogP contribution < -0.4 is 10.6 Å². The Kier molecular flexibility index (Phi) is 6.39. The maximum atomic E-state index is 12.1. The third-order valence-electron chi connectivity index (χ3n) is 5.53. The number of hydrogen-bond donors (Lipinski definition) is 2. The average molecular weight is 412 g/mol. The minimum Gasteiger partial charge on any atom is -0.338 e. The lowest BCUT2D eigenvalue weighted by atomic mass is 10.1. The molecule has 4 rings (SSSR count). The molecule has 9 heteroatoms. The molecule has 1 aromatic heterocycles. The van der Waals surface area contributed by atoms with Gasteiger partial charge in [-0.15, -0.1) is 0 Å². The summed E-state index contributed by atoms with van der Waals surface area (Å²) in [6, 6.07) is 9.94. The highest BCUT2D eigenvalue weighted by atomic mass is 16.5. The molecule has 30 heavy (non-hydrogen) atoms. The molecule has 2 N–H and O–H groups in total. The zero-order valence-corrected chi connectivity index (χ0v) is 17.2. The average Bonchev–Trinajstić information content (AvgIpc) is 3.43. The highest BCUT2D eigenvalue weighted by Gasteiger charge is 2.27. The van der Waals surface area contributed by atoms with E-state index in [0.717, 1.165) is 44.6 Å². The first-order valence-electron chi connectivity index (χ1n) is 10.5. The number of nitrogens with zero attached hydrogens (tertiary/aromatic N) is 4. The van der Waals surface area contributed by atoms with Crippen LogP contribution in [0.5, 0.6) is 0 Å². The van der Waals surface area contributed by atoms with Crippen LogP contribution >= 0.6 is 0 Å². The molecule has 2 fully saturated rings. The fourth-order valence-corrected chi connectivity index (χ4v) is 3.57. The summed E-state index contributed by atoms with van der Waals surface area (Å²) in [6.45, 7) is 5.35. The molecule has 0 spiro atoms. The lowest BCUT2D eigenvalue weighted by Gasteiger charge is -2.36. The van der Waals surface area contributed by atoms with Gasteiger partial charge in [0.2, 0.25) is 11.8 Å². The van der Waals surface area contributed by atoms with Gasteiger partial charge in [-0.2, -0.15) is 4.98 Å². The molecule has 2 heterocycles. The Hall–Kier alpha value is -2.78. The van der Waals surface area contributed by atoms with Gasteiger partial charge in [-0.3, -0.25) is 19.9 Å². The number of benzene rings is 1. The van der Waals surface area contributed by atoms with Crippen molar-refractivity contribution in [3.8, 4) is 0 Å². The molecule has 2 aliphatic rings. The predicted molar refractivity (Wildman–Crippen MR) is 110 cm³/mol. The Morgan fingerprint density at radius 2 is 1.90 bits per heavy atom. The first-order valence-corrected chi connectivity index (χ1v) is 10.5. The van der Waals surface area contributed by atoms with Crippen molar-refractivity contribution < 1.29 is 14.1 Å². The van der Waals surface area contributed by atoms with E-state index in [1.807, 2.05) is 30.3 Å². The molecule has 1 saturated carbocycles. The summed E-state index contributed by atoms with van der Waals surface area (Å²) in [4.78, 5) is 32.6. The van der Waals surface area contributed by atoms with Crippen molar-refractivity contribution in [1.82, 2.24) is 30.6 Å². The molecule has 2 aromatic rings. The first-order chi connectivity index (χ1) is 14.6. The van der Waals surface area contributed by atoms with Gasteiger partial charge in [-0.25, -0.2) is 4.79 Å². The molecule has 1 aromatic carbocycles. The van der Waals surface area contributed by atoms with Crippen LogP contribution in [0.25, 0.3) is 0 Å². The Balaban J connectivity index is 1.21. The first kappa shape index (κ1) is 20.5. The summed E-state index contributed by atoms with van der Waals surface area (Å²) in [7, 11) is 0. The molecule has 1 atom stereocenters. The van der Waals surface area contributed by atoms with Gasteiger partial charge in [0.05, 0.1) is 12.6 Å². The second-order valence-corrected chi connectivity index (χ2v) is 8.00. The summed E-state index contributed by atoms with van der Waals surface area (Å²) in [6.07, 6.45) is 2.64. The Bertz CT molecular complexity index is 859. The van der Waals surface area contributed by atoms with Gasteiger partial charge in [0.15, 0.2) is 5.82 Å². The third kappa shape index (κ3) is 5.64. The van der Waals surface area contributed by atoms with Crippen LogP contribution in [0.2, 0.25) is 0 Å². The summed E-state index contributed by atoms with van der Waals surface area (Å²) in [5.41, 5.74) is 1.15. The van der Waals surface area contributed by atoms with Crippen LogP contribution in [0, 0.1) is 0 Å². The number of urea groups is 1. The molecule has 160 valence electrons. The minimum absolute atomic E-state index is 0.0160. The van der Waals surface area contributed by atoms with Gasteiger partial charge < -0.3 is 9.84 Å². The second-order valence-electron chi connectivity index (χ2n) is 8.00. The van der Waals surface area contributed by atoms with Crippen LogP contribution in [0.3, 0.4) is 0 Å². The Morgan fingerprint density at radius 1 is 1.17 bits per heavy atom. The number of carbonyl (C=O) groups is 2. The van der Waals surface area contributed by atoms with E-state index in [0.29, 0.717) is 18.1 Å². The zero-order chi connectivity index (χ0) is 20.9. The number of rotatable bonds is 7. The van der Waals surface area contributed by atoms with Gasteiger partial charge in [0.25, 0.3) is 0 Å². The molecular formula is C21H28N6O3. The van der Waals surface area contributed by atoms with E-state index in [-0.39, 0.29) is 24.5 Å². The van der Waals surface area contributed by atoms with Gasteiger partial charge in [-0.05, 0) is 25.3 Å². The Labute approximate surface area is 175 Å². The number of amides is 3. The van der Waals surface area contributed by atoms with Crippen LogP contribution in [-0.4, -0.2) is 70.6 Å². The molecular weight excluding hydrogens is 384 g/mol. The van der Waals surface area contributed by atoms with E-state index in [1.54, 1.807) is 0 Å². The largest absolute Gasteiger partial charge is 0.338 e. The van der Waals surface area contributed by atoms with Crippen LogP contribution in [0.15, 0.2) is 34.9 Å². The SMILES string of the molecule is C[C@@H](c1nc(Cc2ccccc2)no1)N1CCN(CC(=O)NC(=O)NC2CC2)CC1. The number of imide groups is 1. The van der Waals surface area contributed by atoms with Crippen molar-refractivity contribution in [2.45, 2.75) is 38.3 Å². The van der Waals surface area contributed by atoms with E-state index in [9.17, 15) is 9.59 Å². The fourth-order valence-electron chi connectivity index (χ4n) is 3.57. The number of hydrogen-bond acceptors (Lipinski definition) is 7. The normalized spacial score (nSPS) is 18.7. The van der Waals surface area contributed by atoms with Crippen molar-refractivity contribution in [3.63, 3.8) is 0 Å². The predicted octanol–water partition coefficient (Wildman–Crippen LogP) is 1.33. The number of carbonyl (C=O) groups excluding carboxylic acids is 2. The second kappa shape index (κ2) is 9.36. The van der Waals surface area contributed by atoms with Crippen molar-refractivity contribution >= 4 is 11.9 Å². The van der Waals surface area contributed by atoms with Crippen LogP contribution in [-0.2, 0) is 11.2 Å². The summed E-state index contributed by atoms with van der Waals surface area (Å²) in [5, 5.41) is 9.28. The highest BCUT2D eigenvalue weighted by Crippen LogP contribution is 2.21. The van der Waals surface area contributed by atoms with Gasteiger partial charge in [0.1, 0.15) is 0 Å². The van der Waals surface area contributed by atoms with Gasteiger partial charge in [-0.1, -0.05) is 35.5 Å². The van der Waals surface area contributed by atoms with Crippen molar-refractivity contribution in [2.24, 2.45) is 0 Å². The molecule has 1 aliphatic heterocycles. The van der Waals surface area contributed by atoms with Crippen LogP contribution in [0.4, 0.5) is 4.79 Å². The molecule has 1 saturated heterocycles. The lowest BCUT2D eigenvalue weighted by molar-refractivity contribution is -0.121. The van der Waals surface area contributed by atoms with E-state index < -0.39 is 6.03 Å². The van der Waals surface area contributed by atoms with Gasteiger partial charge >= 0.3 is 6.03 Å². The third-order valence-corrected chi connectivity index (χ3v) is 5.53. The molecule has 0 bridgehead atoms. The Morgan fingerprint density at radius 3 is 2.60 bits per heavy atom. The molecule has 3 amide bonds. The number of nitrogens with one attached hydrogen (secondary N) is 2. The molecule has 0 unspecified atom stereocenters. The number of aromatic nitrogens is 2. The highest BCUT2D eigenvalue weighted by molar-refractivity contribution is 5.95. The maximum Gasteiger partial charge on any atom is 0.321 e. The van der Waals surface area contributed by atoms with E-state index >= 15 is 0 Å². The van der Waals surface area contributed by atoms with E-state index in [4.69, 9.17) is 4.52 Å². The van der Waals surface area contributed by atoms with E-state index in [1.165, 1.54) is 0 Å². The summed E-state index contributed by atoms with van der Waals surface area (Å²) >= 11 is 0. The fraction of sp³-hybridized carbons (Fsp3) is 0.524. The maximum absolute atomic E-state index is 12.1. The zero-order valence-electron chi connectivity index (χ0n) is 17.2. The monoisotopic (exact) mass is 412 g/mol. The molecule has 1 aliphatic carbocycles. The summed E-state index contributed by atoms with van der Waals surface area (Å²) in [5.74, 6) is 1.03. The standard InChI is InChI=1S/C21H28N6O3/c1-15(20-23-18(25-30-20)13-16-5-3-2-4-6-16)27-11-9-26(10-12-27)14-19(28)24-21(29)22-17-7-8-17/h2-6,15,17H,7-14H2,1H3,(H2,22,24,28,29)/t15-/m0/s1. The molecule has 9 nitrogen and oxygen atoms in total. The number of piperazine rings is 1. The van der Waals surface area contributed by atoms with Crippen LogP contribution in [0.1, 0.15) is 43.1 Å². The quantitative estimate of drug-likeness (QED) is 0.707. The van der Waals surface area contributed by atoms with Crippen molar-refractivity contribution in [1.29, 1.82) is 0 Å². The van der Waals surface area contributed by atoms with Crippen molar-refractivity contribution in [3.05, 3.63) is 47.6 Å². The topological polar surface area (TPSA) is 104 Å². The van der Waals surface area contributed by atoms with Gasteiger partial charge in [0, 0.05) is 38.6 Å². The van der Waals surface area contributed by atoms with E-state index in [2.05, 4.69) is 37.5 Å². The minimum atomic E-state index is -0.391. The smallest absolute Gasteiger partial charge is 0.321 e. The van der Waals surface area contributed by atoms with Crippen molar-refractivity contribution in [2.75, 3.05) is 32.7 Å². The lowest BCUT2D eigenvalue weighted by Crippen LogP contribution is -2.51. The summed E-state index contributed by atoms with van der Waals surface area (Å²) < 4.78 is 5.50.